The molecular formula is C44H78O6. The second-order valence-corrected chi connectivity index (χ2v) is 13.9. The largest absolute Gasteiger partial charge is 0.462 e. The van der Waals surface area contributed by atoms with Crippen molar-refractivity contribution in [1.29, 1.82) is 0 Å². The average Bonchev–Trinajstić information content (AvgIpc) is 3.11. The Morgan fingerprint density at radius 2 is 0.720 bits per heavy atom. The molecule has 0 aliphatic rings. The van der Waals surface area contributed by atoms with Crippen molar-refractivity contribution in [1.82, 2.24) is 0 Å². The first-order valence-corrected chi connectivity index (χ1v) is 21.0. The van der Waals surface area contributed by atoms with Crippen molar-refractivity contribution in [2.45, 2.75) is 213 Å². The quantitative estimate of drug-likeness (QED) is 0.0277. The van der Waals surface area contributed by atoms with Crippen LogP contribution in [0, 0.1) is 0 Å². The van der Waals surface area contributed by atoms with E-state index in [1.54, 1.807) is 0 Å². The van der Waals surface area contributed by atoms with Gasteiger partial charge in [0, 0.05) is 19.3 Å². The Bertz CT molecular complexity index is 861. The molecule has 1 atom stereocenters. The molecule has 50 heavy (non-hydrogen) atoms. The number of rotatable bonds is 37. The van der Waals surface area contributed by atoms with E-state index in [2.05, 4.69) is 57.2 Å². The molecule has 0 aromatic carbocycles. The third-order valence-electron chi connectivity index (χ3n) is 8.90. The number of allylic oxidation sites excluding steroid dienone is 6. The van der Waals surface area contributed by atoms with Crippen LogP contribution in [-0.2, 0) is 28.6 Å². The van der Waals surface area contributed by atoms with Gasteiger partial charge in [-0.25, -0.2) is 0 Å². The van der Waals surface area contributed by atoms with Crippen LogP contribution in [0.25, 0.3) is 0 Å². The normalized spacial score (nSPS) is 12.3. The Morgan fingerprint density at radius 1 is 0.400 bits per heavy atom. The van der Waals surface area contributed by atoms with E-state index in [9.17, 15) is 14.4 Å². The Hall–Kier alpha value is -2.37. The van der Waals surface area contributed by atoms with E-state index in [0.717, 1.165) is 83.5 Å². The summed E-state index contributed by atoms with van der Waals surface area (Å²) in [5.41, 5.74) is 0. The van der Waals surface area contributed by atoms with Crippen LogP contribution in [0.15, 0.2) is 36.5 Å². The molecule has 6 heteroatoms. The molecule has 0 saturated heterocycles. The minimum Gasteiger partial charge on any atom is -0.462 e. The zero-order valence-electron chi connectivity index (χ0n) is 32.9. The van der Waals surface area contributed by atoms with Crippen molar-refractivity contribution in [3.63, 3.8) is 0 Å². The summed E-state index contributed by atoms with van der Waals surface area (Å²) in [6, 6.07) is 0. The van der Waals surface area contributed by atoms with Crippen molar-refractivity contribution in [3.05, 3.63) is 36.5 Å². The summed E-state index contributed by atoms with van der Waals surface area (Å²) in [5, 5.41) is 0. The molecule has 0 spiro atoms. The molecule has 0 saturated carbocycles. The lowest BCUT2D eigenvalue weighted by molar-refractivity contribution is -0.167. The van der Waals surface area contributed by atoms with Crippen molar-refractivity contribution in [3.8, 4) is 0 Å². The monoisotopic (exact) mass is 703 g/mol. The summed E-state index contributed by atoms with van der Waals surface area (Å²) < 4.78 is 16.5. The van der Waals surface area contributed by atoms with Gasteiger partial charge in [0.1, 0.15) is 13.2 Å². The standard InChI is InChI=1S/C44H78O6/c1-4-7-10-13-15-17-18-19-20-21-22-23-24-25-26-27-29-31-34-37-43(46)49-40-41(39-48-42(45)36-33-30-12-9-6-3)50-44(47)38-35-32-28-16-14-11-8-5-2/h15,17,19-20,22-23,41H,4-14,16,18,21,24-40H2,1-3H3/b17-15-,20-19-,23-22-. The Balaban J connectivity index is 4.18. The van der Waals surface area contributed by atoms with Crippen LogP contribution in [0.1, 0.15) is 207 Å². The number of esters is 3. The van der Waals surface area contributed by atoms with Gasteiger partial charge in [0.05, 0.1) is 0 Å². The van der Waals surface area contributed by atoms with Gasteiger partial charge in [-0.2, -0.15) is 0 Å². The molecule has 0 amide bonds. The molecule has 6 nitrogen and oxygen atoms in total. The van der Waals surface area contributed by atoms with Gasteiger partial charge in [0.15, 0.2) is 6.10 Å². The fraction of sp³-hybridized carbons (Fsp3) is 0.795. The predicted molar refractivity (Wildman–Crippen MR) is 210 cm³/mol. The first-order valence-electron chi connectivity index (χ1n) is 21.0. The zero-order chi connectivity index (χ0) is 36.6. The molecule has 1 unspecified atom stereocenters. The lowest BCUT2D eigenvalue weighted by Crippen LogP contribution is -2.30. The topological polar surface area (TPSA) is 78.9 Å². The highest BCUT2D eigenvalue weighted by Crippen LogP contribution is 2.13. The van der Waals surface area contributed by atoms with Gasteiger partial charge in [0.2, 0.25) is 0 Å². The van der Waals surface area contributed by atoms with E-state index in [1.165, 1.54) is 83.5 Å². The second kappa shape index (κ2) is 39.4. The smallest absolute Gasteiger partial charge is 0.306 e. The van der Waals surface area contributed by atoms with E-state index in [0.29, 0.717) is 19.3 Å². The van der Waals surface area contributed by atoms with E-state index in [1.807, 2.05) is 0 Å². The predicted octanol–water partition coefficient (Wildman–Crippen LogP) is 13.0. The van der Waals surface area contributed by atoms with Gasteiger partial charge in [0.25, 0.3) is 0 Å². The highest BCUT2D eigenvalue weighted by molar-refractivity contribution is 5.71. The molecule has 0 fully saturated rings. The van der Waals surface area contributed by atoms with Gasteiger partial charge in [-0.1, -0.05) is 166 Å². The lowest BCUT2D eigenvalue weighted by atomic mass is 10.1. The fourth-order valence-corrected chi connectivity index (χ4v) is 5.68. The van der Waals surface area contributed by atoms with Crippen molar-refractivity contribution < 1.29 is 28.6 Å². The van der Waals surface area contributed by atoms with Gasteiger partial charge in [-0.15, -0.1) is 0 Å². The van der Waals surface area contributed by atoms with E-state index in [4.69, 9.17) is 14.2 Å². The number of unbranched alkanes of at least 4 members (excludes halogenated alkanes) is 20. The number of hydrogen-bond donors (Lipinski definition) is 0. The van der Waals surface area contributed by atoms with Crippen LogP contribution in [0.3, 0.4) is 0 Å². The average molecular weight is 703 g/mol. The Morgan fingerprint density at radius 3 is 1.16 bits per heavy atom. The maximum absolute atomic E-state index is 12.5. The molecule has 0 aromatic heterocycles. The van der Waals surface area contributed by atoms with Gasteiger partial charge >= 0.3 is 17.9 Å². The first-order chi connectivity index (χ1) is 24.5. The summed E-state index contributed by atoms with van der Waals surface area (Å²) in [5.74, 6) is -0.910. The van der Waals surface area contributed by atoms with Crippen molar-refractivity contribution in [2.24, 2.45) is 0 Å². The summed E-state index contributed by atoms with van der Waals surface area (Å²) in [6.07, 6.45) is 43.0. The number of carbonyl (C=O) groups excluding carboxylic acids is 3. The van der Waals surface area contributed by atoms with E-state index < -0.39 is 6.10 Å². The van der Waals surface area contributed by atoms with Gasteiger partial charge < -0.3 is 14.2 Å². The van der Waals surface area contributed by atoms with Crippen LogP contribution in [0.5, 0.6) is 0 Å². The molecule has 0 rings (SSSR count). The zero-order valence-corrected chi connectivity index (χ0v) is 32.9. The third kappa shape index (κ3) is 36.9. The third-order valence-corrected chi connectivity index (χ3v) is 8.90. The van der Waals surface area contributed by atoms with Crippen LogP contribution in [0.4, 0.5) is 0 Å². The van der Waals surface area contributed by atoms with Crippen LogP contribution in [0.2, 0.25) is 0 Å². The first kappa shape index (κ1) is 47.6. The molecule has 0 aliphatic heterocycles. The molecule has 0 heterocycles. The van der Waals surface area contributed by atoms with E-state index >= 15 is 0 Å². The number of hydrogen-bond acceptors (Lipinski definition) is 6. The summed E-state index contributed by atoms with van der Waals surface area (Å²) in [6.45, 7) is 6.46. The lowest BCUT2D eigenvalue weighted by Gasteiger charge is -2.18. The molecule has 0 aliphatic carbocycles. The molecule has 290 valence electrons. The van der Waals surface area contributed by atoms with Gasteiger partial charge in [-0.05, 0) is 57.8 Å². The summed E-state index contributed by atoms with van der Waals surface area (Å²) >= 11 is 0. The fourth-order valence-electron chi connectivity index (χ4n) is 5.68. The number of carbonyl (C=O) groups is 3. The summed E-state index contributed by atoms with van der Waals surface area (Å²) in [7, 11) is 0. The minimum absolute atomic E-state index is 0.0764. The van der Waals surface area contributed by atoms with E-state index in [-0.39, 0.29) is 31.1 Å². The highest BCUT2D eigenvalue weighted by atomic mass is 16.6. The second-order valence-electron chi connectivity index (χ2n) is 13.9. The minimum atomic E-state index is -0.767. The molecule has 0 bridgehead atoms. The van der Waals surface area contributed by atoms with Gasteiger partial charge in [-0.3, -0.25) is 14.4 Å². The highest BCUT2D eigenvalue weighted by Gasteiger charge is 2.19. The maximum Gasteiger partial charge on any atom is 0.306 e. The molecular weight excluding hydrogens is 624 g/mol. The Kier molecular flexibility index (Phi) is 37.5. The van der Waals surface area contributed by atoms with Crippen LogP contribution in [-0.4, -0.2) is 37.2 Å². The van der Waals surface area contributed by atoms with Crippen molar-refractivity contribution in [2.75, 3.05) is 13.2 Å². The maximum atomic E-state index is 12.5. The SMILES string of the molecule is CCCCC/C=C\C/C=C\C/C=C\CCCCCCCCC(=O)OCC(COC(=O)CCCCCCC)OC(=O)CCCCCCCCCC. The molecule has 0 aromatic rings. The Labute approximate surface area is 308 Å². The van der Waals surface area contributed by atoms with Crippen LogP contribution >= 0.6 is 0 Å². The van der Waals surface area contributed by atoms with Crippen LogP contribution < -0.4 is 0 Å². The molecule has 0 N–H and O–H groups in total. The van der Waals surface area contributed by atoms with Crippen molar-refractivity contribution >= 4 is 17.9 Å². The summed E-state index contributed by atoms with van der Waals surface area (Å²) in [4.78, 5) is 37.2. The molecule has 0 radical (unpaired) electrons. The number of ether oxygens (including phenoxy) is 3.